The number of halogens is 1. The Morgan fingerprint density at radius 1 is 1.50 bits per heavy atom. The molecule has 20 heavy (non-hydrogen) atoms. The molecule has 0 saturated carbocycles. The Labute approximate surface area is 119 Å². The summed E-state index contributed by atoms with van der Waals surface area (Å²) in [5.74, 6) is 0.153. The van der Waals surface area contributed by atoms with Crippen LogP contribution in [0.2, 0.25) is 5.02 Å². The average Bonchev–Trinajstić information content (AvgIpc) is 2.71. The molecule has 7 nitrogen and oxygen atoms in total. The van der Waals surface area contributed by atoms with Gasteiger partial charge in [0.1, 0.15) is 5.69 Å². The van der Waals surface area contributed by atoms with Crippen molar-refractivity contribution in [2.45, 2.75) is 6.10 Å². The van der Waals surface area contributed by atoms with Crippen molar-refractivity contribution in [3.63, 3.8) is 0 Å². The zero-order chi connectivity index (χ0) is 14.1. The number of carbonyl (C=O) groups is 1. The summed E-state index contributed by atoms with van der Waals surface area (Å²) in [4.78, 5) is 22.1. The van der Waals surface area contributed by atoms with Crippen LogP contribution >= 0.6 is 11.6 Å². The molecule has 1 amide bonds. The Hall–Kier alpha value is -1.70. The summed E-state index contributed by atoms with van der Waals surface area (Å²) in [6.07, 6.45) is 4.01. The lowest BCUT2D eigenvalue weighted by molar-refractivity contribution is 0.0533. The Balaban J connectivity index is 1.87. The molecule has 2 aromatic heterocycles. The highest BCUT2D eigenvalue weighted by atomic mass is 35.5. The van der Waals surface area contributed by atoms with E-state index in [2.05, 4.69) is 9.97 Å². The van der Waals surface area contributed by atoms with Gasteiger partial charge >= 0.3 is 0 Å². The first-order chi connectivity index (χ1) is 9.63. The molecular weight excluding hydrogens is 284 g/mol. The van der Waals surface area contributed by atoms with Gasteiger partial charge in [0.05, 0.1) is 30.5 Å². The van der Waals surface area contributed by atoms with E-state index in [-0.39, 0.29) is 24.8 Å². The summed E-state index contributed by atoms with van der Waals surface area (Å²) in [5, 5.41) is 10.1. The molecule has 0 unspecified atom stereocenters. The summed E-state index contributed by atoms with van der Waals surface area (Å²) in [6, 6.07) is 0. The van der Waals surface area contributed by atoms with Crippen LogP contribution in [-0.2, 0) is 4.74 Å². The standard InChI is InChI=1S/C12H13ClN4O3/c13-8-3-14-12-15-10(6-17(12)4-8)11(19)16-1-2-20-7-9(18)5-16/h3-4,6,9,18H,1-2,5,7H2/t9-/m1/s1. The normalized spacial score (nSPS) is 20.1. The van der Waals surface area contributed by atoms with Crippen LogP contribution in [0.1, 0.15) is 10.5 Å². The highest BCUT2D eigenvalue weighted by molar-refractivity contribution is 6.30. The zero-order valence-electron chi connectivity index (χ0n) is 10.6. The molecule has 1 aliphatic heterocycles. The molecular formula is C12H13ClN4O3. The highest BCUT2D eigenvalue weighted by Crippen LogP contribution is 2.11. The first-order valence-electron chi connectivity index (χ1n) is 6.19. The predicted molar refractivity (Wildman–Crippen MR) is 70.7 cm³/mol. The number of β-amino-alcohol motifs (C(OH)–C–C–N with tert-alkyl or cyclic N) is 1. The molecule has 2 aromatic rings. The lowest BCUT2D eigenvalue weighted by Gasteiger charge is -2.19. The zero-order valence-corrected chi connectivity index (χ0v) is 11.3. The first kappa shape index (κ1) is 13.3. The largest absolute Gasteiger partial charge is 0.389 e. The number of rotatable bonds is 1. The summed E-state index contributed by atoms with van der Waals surface area (Å²) < 4.78 is 6.80. The van der Waals surface area contributed by atoms with Gasteiger partial charge in [0.2, 0.25) is 5.78 Å². The van der Waals surface area contributed by atoms with Crippen molar-refractivity contribution in [2.24, 2.45) is 0 Å². The van der Waals surface area contributed by atoms with Gasteiger partial charge in [-0.2, -0.15) is 0 Å². The van der Waals surface area contributed by atoms with Crippen LogP contribution in [0.5, 0.6) is 0 Å². The smallest absolute Gasteiger partial charge is 0.274 e. The number of ether oxygens (including phenoxy) is 1. The van der Waals surface area contributed by atoms with Gasteiger partial charge in [-0.05, 0) is 0 Å². The van der Waals surface area contributed by atoms with Crippen molar-refractivity contribution in [1.29, 1.82) is 0 Å². The molecule has 0 spiro atoms. The molecule has 1 fully saturated rings. The number of aliphatic hydroxyl groups is 1. The Morgan fingerprint density at radius 3 is 3.20 bits per heavy atom. The van der Waals surface area contributed by atoms with Gasteiger partial charge in [-0.25, -0.2) is 9.97 Å². The first-order valence-corrected chi connectivity index (χ1v) is 6.56. The van der Waals surface area contributed by atoms with Gasteiger partial charge in [0.15, 0.2) is 0 Å². The summed E-state index contributed by atoms with van der Waals surface area (Å²) in [7, 11) is 0. The van der Waals surface area contributed by atoms with Crippen LogP contribution in [0.15, 0.2) is 18.6 Å². The molecule has 0 aromatic carbocycles. The van der Waals surface area contributed by atoms with E-state index in [1.807, 2.05) is 0 Å². The third-order valence-corrected chi connectivity index (χ3v) is 3.23. The third kappa shape index (κ3) is 2.60. The van der Waals surface area contributed by atoms with Crippen molar-refractivity contribution in [2.75, 3.05) is 26.3 Å². The second-order valence-corrected chi connectivity index (χ2v) is 5.02. The summed E-state index contributed by atoms with van der Waals surface area (Å²) >= 11 is 5.84. The van der Waals surface area contributed by atoms with Crippen LogP contribution < -0.4 is 0 Å². The van der Waals surface area contributed by atoms with Gasteiger partial charge in [0.25, 0.3) is 5.91 Å². The lowest BCUT2D eigenvalue weighted by Crippen LogP contribution is -2.37. The molecule has 0 radical (unpaired) electrons. The number of amides is 1. The van der Waals surface area contributed by atoms with E-state index >= 15 is 0 Å². The molecule has 0 bridgehead atoms. The minimum Gasteiger partial charge on any atom is -0.389 e. The van der Waals surface area contributed by atoms with Crippen molar-refractivity contribution < 1.29 is 14.6 Å². The number of nitrogens with zero attached hydrogens (tertiary/aromatic N) is 4. The van der Waals surface area contributed by atoms with E-state index in [4.69, 9.17) is 16.3 Å². The van der Waals surface area contributed by atoms with Crippen molar-refractivity contribution in [1.82, 2.24) is 19.3 Å². The van der Waals surface area contributed by atoms with Gasteiger partial charge in [-0.3, -0.25) is 9.20 Å². The monoisotopic (exact) mass is 296 g/mol. The quantitative estimate of drug-likeness (QED) is 0.814. The molecule has 0 aliphatic carbocycles. The number of fused-ring (bicyclic) bond motifs is 1. The number of carbonyl (C=O) groups excluding carboxylic acids is 1. The minimum absolute atomic E-state index is 0.237. The second-order valence-electron chi connectivity index (χ2n) is 4.59. The van der Waals surface area contributed by atoms with Crippen LogP contribution in [0, 0.1) is 0 Å². The van der Waals surface area contributed by atoms with E-state index < -0.39 is 6.10 Å². The highest BCUT2D eigenvalue weighted by Gasteiger charge is 2.24. The Morgan fingerprint density at radius 2 is 2.35 bits per heavy atom. The summed E-state index contributed by atoms with van der Waals surface area (Å²) in [6.45, 7) is 1.31. The van der Waals surface area contributed by atoms with Crippen molar-refractivity contribution in [3.8, 4) is 0 Å². The van der Waals surface area contributed by atoms with Crippen LogP contribution in [-0.4, -0.2) is 62.7 Å². The lowest BCUT2D eigenvalue weighted by atomic mass is 10.3. The summed E-state index contributed by atoms with van der Waals surface area (Å²) in [5.41, 5.74) is 0.272. The molecule has 106 valence electrons. The SMILES string of the molecule is O=C(c1cn2cc(Cl)cnc2n1)N1CCOC[C@H](O)C1. The van der Waals surface area contributed by atoms with Gasteiger partial charge in [0, 0.05) is 25.5 Å². The van der Waals surface area contributed by atoms with Gasteiger partial charge in [-0.15, -0.1) is 0 Å². The topological polar surface area (TPSA) is 80.0 Å². The molecule has 1 saturated heterocycles. The van der Waals surface area contributed by atoms with E-state index in [0.29, 0.717) is 24.0 Å². The maximum atomic E-state index is 12.4. The fourth-order valence-corrected chi connectivity index (χ4v) is 2.26. The number of hydrogen-bond donors (Lipinski definition) is 1. The Kier molecular flexibility index (Phi) is 3.56. The molecule has 1 aliphatic rings. The fraction of sp³-hybridized carbons (Fsp3) is 0.417. The Bertz CT molecular complexity index is 645. The van der Waals surface area contributed by atoms with Gasteiger partial charge < -0.3 is 14.7 Å². The maximum Gasteiger partial charge on any atom is 0.274 e. The number of aliphatic hydroxyl groups excluding tert-OH is 1. The van der Waals surface area contributed by atoms with E-state index in [0.717, 1.165) is 0 Å². The maximum absolute atomic E-state index is 12.4. The molecule has 3 rings (SSSR count). The van der Waals surface area contributed by atoms with Crippen LogP contribution in [0.3, 0.4) is 0 Å². The minimum atomic E-state index is -0.675. The number of aromatic nitrogens is 3. The molecule has 3 heterocycles. The molecule has 1 N–H and O–H groups in total. The fourth-order valence-electron chi connectivity index (χ4n) is 2.10. The van der Waals surface area contributed by atoms with E-state index in [9.17, 15) is 9.90 Å². The average molecular weight is 297 g/mol. The van der Waals surface area contributed by atoms with Gasteiger partial charge in [-0.1, -0.05) is 11.6 Å². The van der Waals surface area contributed by atoms with E-state index in [1.165, 1.54) is 11.1 Å². The van der Waals surface area contributed by atoms with Crippen LogP contribution in [0.4, 0.5) is 0 Å². The second kappa shape index (κ2) is 5.35. The third-order valence-electron chi connectivity index (χ3n) is 3.03. The predicted octanol–water partition coefficient (Wildman–Crippen LogP) is 0.216. The van der Waals surface area contributed by atoms with Crippen molar-refractivity contribution in [3.05, 3.63) is 29.3 Å². The van der Waals surface area contributed by atoms with E-state index in [1.54, 1.807) is 16.8 Å². The molecule has 1 atom stereocenters. The van der Waals surface area contributed by atoms with Crippen molar-refractivity contribution >= 4 is 23.3 Å². The number of hydrogen-bond acceptors (Lipinski definition) is 5. The number of imidazole rings is 1. The van der Waals surface area contributed by atoms with Crippen LogP contribution in [0.25, 0.3) is 5.78 Å². The molecule has 8 heteroatoms.